The highest BCUT2D eigenvalue weighted by molar-refractivity contribution is 5.87. The molecular formula is C22H29N5O2. The summed E-state index contributed by atoms with van der Waals surface area (Å²) < 4.78 is 0. The quantitative estimate of drug-likeness (QED) is 0.780. The minimum Gasteiger partial charge on any atom is -0.351 e. The van der Waals surface area contributed by atoms with Crippen molar-refractivity contribution < 1.29 is 9.59 Å². The largest absolute Gasteiger partial charge is 0.351 e. The van der Waals surface area contributed by atoms with Gasteiger partial charge in [-0.05, 0) is 38.3 Å². The van der Waals surface area contributed by atoms with Crippen molar-refractivity contribution in [2.45, 2.75) is 52.1 Å². The zero-order chi connectivity index (χ0) is 20.8. The molecule has 29 heavy (non-hydrogen) atoms. The van der Waals surface area contributed by atoms with Gasteiger partial charge in [0.25, 0.3) is 0 Å². The van der Waals surface area contributed by atoms with Crippen LogP contribution in [0.3, 0.4) is 0 Å². The molecule has 2 amide bonds. The maximum absolute atomic E-state index is 12.8. The van der Waals surface area contributed by atoms with Crippen molar-refractivity contribution in [3.8, 4) is 0 Å². The Balaban J connectivity index is 1.57. The minimum absolute atomic E-state index is 0.0803. The van der Waals surface area contributed by atoms with Crippen LogP contribution in [0.1, 0.15) is 36.7 Å². The number of nitrogens with zero attached hydrogens (tertiary/aromatic N) is 3. The Morgan fingerprint density at radius 3 is 2.31 bits per heavy atom. The van der Waals surface area contributed by atoms with Crippen LogP contribution in [0, 0.1) is 13.8 Å². The van der Waals surface area contributed by atoms with Gasteiger partial charge < -0.3 is 15.5 Å². The van der Waals surface area contributed by atoms with E-state index in [4.69, 9.17) is 0 Å². The SMILES string of the molecule is CC(=O)NC(Cc1ccccc1)C(=O)NC1CCN(c2nc(C)cc(C)n2)CC1. The minimum atomic E-state index is -0.573. The van der Waals surface area contributed by atoms with E-state index in [-0.39, 0.29) is 17.9 Å². The molecule has 2 heterocycles. The topological polar surface area (TPSA) is 87.2 Å². The summed E-state index contributed by atoms with van der Waals surface area (Å²) in [6.45, 7) is 6.96. The maximum Gasteiger partial charge on any atom is 0.243 e. The summed E-state index contributed by atoms with van der Waals surface area (Å²) in [5.74, 6) is 0.417. The van der Waals surface area contributed by atoms with Crippen LogP contribution in [0.5, 0.6) is 0 Å². The zero-order valence-corrected chi connectivity index (χ0v) is 17.3. The summed E-state index contributed by atoms with van der Waals surface area (Å²) in [5.41, 5.74) is 2.94. The fourth-order valence-corrected chi connectivity index (χ4v) is 3.68. The number of carbonyl (C=O) groups is 2. The molecule has 2 N–H and O–H groups in total. The van der Waals surface area contributed by atoms with Gasteiger partial charge in [0.05, 0.1) is 0 Å². The first-order chi connectivity index (χ1) is 13.9. The van der Waals surface area contributed by atoms with Crippen molar-refractivity contribution in [1.82, 2.24) is 20.6 Å². The van der Waals surface area contributed by atoms with Crippen LogP contribution in [0.25, 0.3) is 0 Å². The monoisotopic (exact) mass is 395 g/mol. The van der Waals surface area contributed by atoms with Gasteiger partial charge in [-0.3, -0.25) is 9.59 Å². The van der Waals surface area contributed by atoms with E-state index < -0.39 is 6.04 Å². The van der Waals surface area contributed by atoms with Gasteiger partial charge in [0.2, 0.25) is 17.8 Å². The first kappa shape index (κ1) is 20.8. The summed E-state index contributed by atoms with van der Waals surface area (Å²) in [6.07, 6.45) is 2.11. The Bertz CT molecular complexity index is 827. The van der Waals surface area contributed by atoms with Gasteiger partial charge in [0.15, 0.2) is 0 Å². The number of aromatic nitrogens is 2. The molecule has 154 valence electrons. The number of benzene rings is 1. The van der Waals surface area contributed by atoms with Crippen LogP contribution in [0.4, 0.5) is 5.95 Å². The summed E-state index contributed by atoms with van der Waals surface area (Å²) in [7, 11) is 0. The molecule has 7 nitrogen and oxygen atoms in total. The Labute approximate surface area is 171 Å². The normalized spacial score (nSPS) is 15.6. The third kappa shape index (κ3) is 6.01. The van der Waals surface area contributed by atoms with Gasteiger partial charge in [-0.2, -0.15) is 0 Å². The number of rotatable bonds is 6. The van der Waals surface area contributed by atoms with Crippen LogP contribution in [0.15, 0.2) is 36.4 Å². The fraction of sp³-hybridized carbons (Fsp3) is 0.455. The van der Waals surface area contributed by atoms with Crippen LogP contribution < -0.4 is 15.5 Å². The molecular weight excluding hydrogens is 366 g/mol. The molecule has 1 fully saturated rings. The Morgan fingerprint density at radius 2 is 1.72 bits per heavy atom. The lowest BCUT2D eigenvalue weighted by molar-refractivity contribution is -0.128. The van der Waals surface area contributed by atoms with Gasteiger partial charge in [-0.15, -0.1) is 0 Å². The molecule has 1 aromatic heterocycles. The third-order valence-corrected chi connectivity index (χ3v) is 5.07. The van der Waals surface area contributed by atoms with E-state index >= 15 is 0 Å². The van der Waals surface area contributed by atoms with Crippen molar-refractivity contribution in [1.29, 1.82) is 0 Å². The Kier molecular flexibility index (Phi) is 6.80. The molecule has 0 aliphatic carbocycles. The molecule has 1 saturated heterocycles. The van der Waals surface area contributed by atoms with E-state index in [9.17, 15) is 9.59 Å². The lowest BCUT2D eigenvalue weighted by Gasteiger charge is -2.33. The van der Waals surface area contributed by atoms with Gasteiger partial charge >= 0.3 is 0 Å². The third-order valence-electron chi connectivity index (χ3n) is 5.07. The average Bonchev–Trinajstić information content (AvgIpc) is 2.68. The second-order valence-electron chi connectivity index (χ2n) is 7.66. The van der Waals surface area contributed by atoms with Gasteiger partial charge in [-0.1, -0.05) is 30.3 Å². The smallest absolute Gasteiger partial charge is 0.243 e. The second kappa shape index (κ2) is 9.49. The Hall–Kier alpha value is -2.96. The fourth-order valence-electron chi connectivity index (χ4n) is 3.68. The van der Waals surface area contributed by atoms with Gasteiger partial charge in [0.1, 0.15) is 6.04 Å². The van der Waals surface area contributed by atoms with Crippen molar-refractivity contribution in [2.75, 3.05) is 18.0 Å². The number of anilines is 1. The number of carbonyl (C=O) groups excluding carboxylic acids is 2. The highest BCUT2D eigenvalue weighted by Crippen LogP contribution is 2.17. The first-order valence-corrected chi connectivity index (χ1v) is 10.1. The maximum atomic E-state index is 12.8. The standard InChI is InChI=1S/C22H29N5O2/c1-15-13-16(2)24-22(23-15)27-11-9-19(10-12-27)26-21(29)20(25-17(3)28)14-18-7-5-4-6-8-18/h4-8,13,19-20H,9-12,14H2,1-3H3,(H,25,28)(H,26,29). The number of nitrogens with one attached hydrogen (secondary N) is 2. The van der Waals surface area contributed by atoms with Crippen molar-refractivity contribution in [3.63, 3.8) is 0 Å². The number of amides is 2. The number of piperidine rings is 1. The van der Waals surface area contributed by atoms with Gasteiger partial charge in [0, 0.05) is 43.9 Å². The predicted octanol–water partition coefficient (Wildman–Crippen LogP) is 1.93. The van der Waals surface area contributed by atoms with E-state index in [0.717, 1.165) is 48.8 Å². The van der Waals surface area contributed by atoms with Crippen molar-refractivity contribution >= 4 is 17.8 Å². The highest BCUT2D eigenvalue weighted by Gasteiger charge is 2.26. The second-order valence-corrected chi connectivity index (χ2v) is 7.66. The summed E-state index contributed by atoms with van der Waals surface area (Å²) in [5, 5.41) is 5.90. The molecule has 0 bridgehead atoms. The van der Waals surface area contributed by atoms with E-state index in [1.165, 1.54) is 6.92 Å². The molecule has 1 aromatic carbocycles. The summed E-state index contributed by atoms with van der Waals surface area (Å²) >= 11 is 0. The number of aryl methyl sites for hydroxylation is 2. The van der Waals surface area contributed by atoms with Crippen LogP contribution in [-0.4, -0.2) is 47.0 Å². The average molecular weight is 396 g/mol. The molecule has 2 aromatic rings. The van der Waals surface area contributed by atoms with E-state index in [0.29, 0.717) is 6.42 Å². The van der Waals surface area contributed by atoms with Crippen LogP contribution in [0.2, 0.25) is 0 Å². The molecule has 0 spiro atoms. The van der Waals surface area contributed by atoms with Gasteiger partial charge in [-0.25, -0.2) is 9.97 Å². The zero-order valence-electron chi connectivity index (χ0n) is 17.3. The molecule has 1 aliphatic heterocycles. The first-order valence-electron chi connectivity index (χ1n) is 10.1. The number of hydrogen-bond acceptors (Lipinski definition) is 5. The highest BCUT2D eigenvalue weighted by atomic mass is 16.2. The van der Waals surface area contributed by atoms with Crippen LogP contribution >= 0.6 is 0 Å². The molecule has 1 aliphatic rings. The summed E-state index contributed by atoms with van der Waals surface area (Å²) in [6, 6.07) is 11.2. The molecule has 7 heteroatoms. The van der Waals surface area contributed by atoms with E-state index in [1.807, 2.05) is 50.2 Å². The number of hydrogen-bond donors (Lipinski definition) is 2. The lowest BCUT2D eigenvalue weighted by Crippen LogP contribution is -2.52. The van der Waals surface area contributed by atoms with Crippen molar-refractivity contribution in [2.24, 2.45) is 0 Å². The Morgan fingerprint density at radius 1 is 1.10 bits per heavy atom. The van der Waals surface area contributed by atoms with E-state index in [1.54, 1.807) is 0 Å². The lowest BCUT2D eigenvalue weighted by atomic mass is 10.0. The molecule has 3 rings (SSSR count). The molecule has 0 saturated carbocycles. The predicted molar refractivity (Wildman–Crippen MR) is 113 cm³/mol. The van der Waals surface area contributed by atoms with Crippen molar-refractivity contribution in [3.05, 3.63) is 53.3 Å². The van der Waals surface area contributed by atoms with Crippen LogP contribution in [-0.2, 0) is 16.0 Å². The molecule has 0 radical (unpaired) electrons. The summed E-state index contributed by atoms with van der Waals surface area (Å²) in [4.78, 5) is 35.6. The molecule has 1 atom stereocenters. The van der Waals surface area contributed by atoms with E-state index in [2.05, 4.69) is 25.5 Å². The molecule has 1 unspecified atom stereocenters.